The molecule has 6 heteroatoms. The van der Waals surface area contributed by atoms with Gasteiger partial charge in [-0.2, -0.15) is 0 Å². The second kappa shape index (κ2) is 7.27. The molecule has 0 radical (unpaired) electrons. The van der Waals surface area contributed by atoms with Gasteiger partial charge in [-0.05, 0) is 42.0 Å². The molecule has 132 valence electrons. The van der Waals surface area contributed by atoms with Crippen molar-refractivity contribution in [1.82, 2.24) is 0 Å². The normalized spacial score (nSPS) is 15.2. The van der Waals surface area contributed by atoms with E-state index in [1.54, 1.807) is 12.1 Å². The molecule has 1 fully saturated rings. The van der Waals surface area contributed by atoms with Crippen molar-refractivity contribution in [3.8, 4) is 11.1 Å². The third-order valence-corrected chi connectivity index (χ3v) is 5.99. The van der Waals surface area contributed by atoms with E-state index in [2.05, 4.69) is 4.72 Å². The van der Waals surface area contributed by atoms with Crippen LogP contribution in [0.2, 0.25) is 0 Å². The summed E-state index contributed by atoms with van der Waals surface area (Å²) in [5, 5.41) is 9.37. The predicted molar refractivity (Wildman–Crippen MR) is 98.2 cm³/mol. The lowest BCUT2D eigenvalue weighted by molar-refractivity contribution is 0.0698. The summed E-state index contributed by atoms with van der Waals surface area (Å²) in [4.78, 5) is 11.5. The van der Waals surface area contributed by atoms with E-state index < -0.39 is 16.0 Å². The van der Waals surface area contributed by atoms with Crippen LogP contribution in [0.15, 0.2) is 48.5 Å². The lowest BCUT2D eigenvalue weighted by Gasteiger charge is -2.15. The third kappa shape index (κ3) is 4.39. The Morgan fingerprint density at radius 3 is 2.36 bits per heavy atom. The van der Waals surface area contributed by atoms with Crippen molar-refractivity contribution in [3.63, 3.8) is 0 Å². The Labute approximate surface area is 147 Å². The van der Waals surface area contributed by atoms with Gasteiger partial charge in [-0.25, -0.2) is 13.2 Å². The molecule has 0 heterocycles. The zero-order valence-corrected chi connectivity index (χ0v) is 14.6. The molecule has 25 heavy (non-hydrogen) atoms. The summed E-state index contributed by atoms with van der Waals surface area (Å²) in [7, 11) is -3.59. The molecule has 1 saturated carbocycles. The summed E-state index contributed by atoms with van der Waals surface area (Å²) in [6, 6.07) is 14.2. The van der Waals surface area contributed by atoms with Gasteiger partial charge in [-0.1, -0.05) is 49.2 Å². The number of carboxylic acids is 1. The molecular weight excluding hydrogens is 338 g/mol. The van der Waals surface area contributed by atoms with E-state index in [1.807, 2.05) is 30.3 Å². The lowest BCUT2D eigenvalue weighted by Crippen LogP contribution is -2.22. The molecule has 0 atom stereocenters. The summed E-state index contributed by atoms with van der Waals surface area (Å²) >= 11 is 0. The van der Waals surface area contributed by atoms with E-state index in [1.165, 1.54) is 6.07 Å². The number of sulfonamides is 1. The maximum atomic E-state index is 12.5. The average Bonchev–Trinajstić information content (AvgIpc) is 3.07. The quantitative estimate of drug-likeness (QED) is 0.817. The Morgan fingerprint density at radius 2 is 1.72 bits per heavy atom. The highest BCUT2D eigenvalue weighted by atomic mass is 32.2. The highest BCUT2D eigenvalue weighted by molar-refractivity contribution is 7.92. The van der Waals surface area contributed by atoms with E-state index in [-0.39, 0.29) is 22.9 Å². The number of benzene rings is 2. The maximum Gasteiger partial charge on any atom is 0.337 e. The van der Waals surface area contributed by atoms with Crippen molar-refractivity contribution < 1.29 is 18.3 Å². The van der Waals surface area contributed by atoms with Crippen molar-refractivity contribution in [3.05, 3.63) is 54.1 Å². The highest BCUT2D eigenvalue weighted by Crippen LogP contribution is 2.29. The third-order valence-electron chi connectivity index (χ3n) is 4.55. The molecular formula is C19H21NO4S. The van der Waals surface area contributed by atoms with E-state index in [4.69, 9.17) is 0 Å². The number of nitrogens with one attached hydrogen (secondary N) is 1. The van der Waals surface area contributed by atoms with Gasteiger partial charge in [0.25, 0.3) is 0 Å². The fraction of sp³-hybridized carbons (Fsp3) is 0.316. The zero-order valence-electron chi connectivity index (χ0n) is 13.8. The molecule has 1 aliphatic rings. The molecule has 1 aliphatic carbocycles. The van der Waals surface area contributed by atoms with E-state index in [9.17, 15) is 18.3 Å². The van der Waals surface area contributed by atoms with Crippen LogP contribution in [0, 0.1) is 5.92 Å². The topological polar surface area (TPSA) is 83.5 Å². The van der Waals surface area contributed by atoms with Crippen molar-refractivity contribution in [2.75, 3.05) is 10.5 Å². The van der Waals surface area contributed by atoms with E-state index >= 15 is 0 Å². The van der Waals surface area contributed by atoms with Crippen LogP contribution in [-0.4, -0.2) is 25.2 Å². The fourth-order valence-electron chi connectivity index (χ4n) is 3.32. The highest BCUT2D eigenvalue weighted by Gasteiger charge is 2.24. The van der Waals surface area contributed by atoms with E-state index in [0.29, 0.717) is 0 Å². The van der Waals surface area contributed by atoms with Crippen LogP contribution in [0.3, 0.4) is 0 Å². The Morgan fingerprint density at radius 1 is 1.04 bits per heavy atom. The second-order valence-electron chi connectivity index (χ2n) is 6.47. The van der Waals surface area contributed by atoms with Crippen LogP contribution < -0.4 is 4.72 Å². The monoisotopic (exact) mass is 359 g/mol. The molecule has 0 unspecified atom stereocenters. The van der Waals surface area contributed by atoms with Crippen LogP contribution in [-0.2, 0) is 10.0 Å². The number of hydrogen-bond donors (Lipinski definition) is 2. The minimum absolute atomic E-state index is 0.0433. The summed E-state index contributed by atoms with van der Waals surface area (Å²) in [5.41, 5.74) is 1.74. The second-order valence-corrected chi connectivity index (χ2v) is 8.23. The van der Waals surface area contributed by atoms with Crippen molar-refractivity contribution in [2.24, 2.45) is 5.92 Å². The Bertz CT molecular complexity index is 856. The molecule has 2 N–H and O–H groups in total. The van der Waals surface area contributed by atoms with Crippen LogP contribution >= 0.6 is 0 Å². The van der Waals surface area contributed by atoms with Crippen LogP contribution in [0.4, 0.5) is 5.69 Å². The van der Waals surface area contributed by atoms with Gasteiger partial charge in [0, 0.05) is 0 Å². The number of hydrogen-bond acceptors (Lipinski definition) is 3. The summed E-state index contributed by atoms with van der Waals surface area (Å²) in [5.74, 6) is -0.956. The number of anilines is 1. The number of carboxylic acid groups (broad SMARTS) is 1. The predicted octanol–water partition coefficient (Wildman–Crippen LogP) is 3.98. The average molecular weight is 359 g/mol. The number of carbonyl (C=O) groups is 1. The van der Waals surface area contributed by atoms with Gasteiger partial charge in [0.15, 0.2) is 0 Å². The lowest BCUT2D eigenvalue weighted by atomic mass is 10.0. The van der Waals surface area contributed by atoms with Crippen molar-refractivity contribution in [2.45, 2.75) is 25.7 Å². The van der Waals surface area contributed by atoms with Crippen LogP contribution in [0.1, 0.15) is 36.0 Å². The summed E-state index contributed by atoms with van der Waals surface area (Å²) < 4.78 is 27.4. The minimum Gasteiger partial charge on any atom is -0.478 e. The van der Waals surface area contributed by atoms with Gasteiger partial charge in [0.2, 0.25) is 10.0 Å². The summed E-state index contributed by atoms with van der Waals surface area (Å²) in [6.45, 7) is 0. The molecule has 0 amide bonds. The molecule has 0 aliphatic heterocycles. The fourth-order valence-corrected chi connectivity index (χ4v) is 4.86. The standard InChI is InChI=1S/C19H21NO4S/c21-19(22)17-11-10-16(15-8-2-1-3-9-15)12-18(17)20-25(23,24)13-14-6-4-5-7-14/h1-3,8-12,14,20H,4-7,13H2,(H,21,22). The first-order valence-corrected chi connectivity index (χ1v) is 10.0. The molecule has 2 aromatic carbocycles. The molecule has 0 saturated heterocycles. The van der Waals surface area contributed by atoms with Crippen LogP contribution in [0.25, 0.3) is 11.1 Å². The van der Waals surface area contributed by atoms with Crippen molar-refractivity contribution in [1.29, 1.82) is 0 Å². The first-order valence-electron chi connectivity index (χ1n) is 8.38. The van der Waals surface area contributed by atoms with Gasteiger partial charge in [-0.15, -0.1) is 0 Å². The largest absolute Gasteiger partial charge is 0.478 e. The van der Waals surface area contributed by atoms with Gasteiger partial charge < -0.3 is 5.11 Å². The first-order chi connectivity index (χ1) is 11.9. The molecule has 0 aromatic heterocycles. The Hall–Kier alpha value is -2.34. The molecule has 0 spiro atoms. The molecule has 5 nitrogen and oxygen atoms in total. The molecule has 3 rings (SSSR count). The first kappa shape index (κ1) is 17.5. The Kier molecular flexibility index (Phi) is 5.08. The minimum atomic E-state index is -3.59. The Balaban J connectivity index is 1.91. The number of rotatable bonds is 6. The SMILES string of the molecule is O=C(O)c1ccc(-c2ccccc2)cc1NS(=O)(=O)CC1CCCC1. The molecule has 0 bridgehead atoms. The zero-order chi connectivity index (χ0) is 17.9. The van der Waals surface area contributed by atoms with Crippen LogP contribution in [0.5, 0.6) is 0 Å². The maximum absolute atomic E-state index is 12.5. The van der Waals surface area contributed by atoms with Gasteiger partial charge >= 0.3 is 5.97 Å². The van der Waals surface area contributed by atoms with Gasteiger partial charge in [-0.3, -0.25) is 4.72 Å². The van der Waals surface area contributed by atoms with E-state index in [0.717, 1.165) is 36.8 Å². The van der Waals surface area contributed by atoms with Crippen molar-refractivity contribution >= 4 is 21.7 Å². The summed E-state index contributed by atoms with van der Waals surface area (Å²) in [6.07, 6.45) is 3.95. The number of aromatic carboxylic acids is 1. The van der Waals surface area contributed by atoms with Gasteiger partial charge in [0.1, 0.15) is 0 Å². The van der Waals surface area contributed by atoms with Gasteiger partial charge in [0.05, 0.1) is 17.0 Å². The molecule has 2 aromatic rings. The smallest absolute Gasteiger partial charge is 0.337 e.